The molecule has 0 aliphatic carbocycles. The molecule has 0 saturated heterocycles. The van der Waals surface area contributed by atoms with Crippen LogP contribution in [0.5, 0.6) is 0 Å². The lowest BCUT2D eigenvalue weighted by Gasteiger charge is -2.09. The number of carbonyl (C=O) groups is 2. The van der Waals surface area contributed by atoms with Gasteiger partial charge in [-0.1, -0.05) is 37.6 Å². The van der Waals surface area contributed by atoms with Gasteiger partial charge in [0, 0.05) is 12.3 Å². The van der Waals surface area contributed by atoms with Gasteiger partial charge in [-0.2, -0.15) is 0 Å². The molecule has 0 bridgehead atoms. The lowest BCUT2D eigenvalue weighted by molar-refractivity contribution is -0.118. The number of hydrogen-bond donors (Lipinski definition) is 0. The number of carbonyl (C=O) groups excluding carboxylic acids is 2. The van der Waals surface area contributed by atoms with Gasteiger partial charge in [-0.15, -0.1) is 0 Å². The first-order chi connectivity index (χ1) is 9.00. The monoisotopic (exact) mass is 260 g/mol. The van der Waals surface area contributed by atoms with Crippen molar-refractivity contribution in [3.05, 3.63) is 35.4 Å². The minimum Gasteiger partial charge on any atom is -0.300 e. The number of hydrogen-bond acceptors (Lipinski definition) is 2. The van der Waals surface area contributed by atoms with E-state index in [4.69, 9.17) is 0 Å². The number of benzene rings is 1. The molecule has 1 aromatic carbocycles. The zero-order valence-electron chi connectivity index (χ0n) is 12.2. The molecule has 0 fully saturated rings. The summed E-state index contributed by atoms with van der Waals surface area (Å²) in [5.74, 6) is 0.476. The Bertz CT molecular complexity index is 417. The summed E-state index contributed by atoms with van der Waals surface area (Å²) in [5, 5.41) is 0. The fourth-order valence-corrected chi connectivity index (χ4v) is 2.09. The first-order valence-corrected chi connectivity index (χ1v) is 7.09. The Balaban J connectivity index is 2.36. The number of rotatable bonds is 8. The van der Waals surface area contributed by atoms with Gasteiger partial charge in [-0.05, 0) is 44.2 Å². The van der Waals surface area contributed by atoms with Gasteiger partial charge in [0.1, 0.15) is 11.6 Å². The standard InChI is InChI=1S/C17H24O2/c1-13(18)7-5-4-6-8-16-9-11-17(12-10-16)14(2)15(3)19/h9-12,14H,4-8H2,1-3H3. The van der Waals surface area contributed by atoms with Gasteiger partial charge in [0.15, 0.2) is 0 Å². The van der Waals surface area contributed by atoms with Crippen LogP contribution in [0.1, 0.15) is 63.5 Å². The molecule has 104 valence electrons. The quantitative estimate of drug-likeness (QED) is 0.660. The van der Waals surface area contributed by atoms with Gasteiger partial charge in [-0.25, -0.2) is 0 Å². The molecule has 0 aliphatic rings. The number of unbranched alkanes of at least 4 members (excludes halogenated alkanes) is 2. The topological polar surface area (TPSA) is 34.1 Å². The van der Waals surface area contributed by atoms with Crippen molar-refractivity contribution >= 4 is 11.6 Å². The van der Waals surface area contributed by atoms with Crippen LogP contribution in [0, 0.1) is 0 Å². The van der Waals surface area contributed by atoms with Gasteiger partial charge in [0.2, 0.25) is 0 Å². The van der Waals surface area contributed by atoms with Crippen molar-refractivity contribution in [3.63, 3.8) is 0 Å². The number of ketones is 2. The zero-order chi connectivity index (χ0) is 14.3. The Labute approximate surface area is 116 Å². The van der Waals surface area contributed by atoms with E-state index in [1.54, 1.807) is 13.8 Å². The molecule has 0 spiro atoms. The van der Waals surface area contributed by atoms with Gasteiger partial charge in [-0.3, -0.25) is 4.79 Å². The first kappa shape index (κ1) is 15.6. The van der Waals surface area contributed by atoms with Crippen molar-refractivity contribution in [2.45, 2.75) is 58.8 Å². The largest absolute Gasteiger partial charge is 0.300 e. The van der Waals surface area contributed by atoms with Crippen LogP contribution < -0.4 is 0 Å². The third kappa shape index (κ3) is 5.82. The van der Waals surface area contributed by atoms with Crippen molar-refractivity contribution in [1.29, 1.82) is 0 Å². The minimum absolute atomic E-state index is 0.00961. The highest BCUT2D eigenvalue weighted by Crippen LogP contribution is 2.17. The fourth-order valence-electron chi connectivity index (χ4n) is 2.09. The SMILES string of the molecule is CC(=O)CCCCCc1ccc(C(C)C(C)=O)cc1. The summed E-state index contributed by atoms with van der Waals surface area (Å²) in [4.78, 5) is 22.1. The second kappa shape index (κ2) is 7.88. The highest BCUT2D eigenvalue weighted by atomic mass is 16.1. The van der Waals surface area contributed by atoms with Crippen LogP contribution in [-0.2, 0) is 16.0 Å². The van der Waals surface area contributed by atoms with Crippen LogP contribution in [0.2, 0.25) is 0 Å². The van der Waals surface area contributed by atoms with Gasteiger partial charge >= 0.3 is 0 Å². The Hall–Kier alpha value is -1.44. The highest BCUT2D eigenvalue weighted by Gasteiger charge is 2.09. The molecule has 1 rings (SSSR count). The van der Waals surface area contributed by atoms with E-state index in [1.807, 2.05) is 6.92 Å². The van der Waals surface area contributed by atoms with E-state index in [9.17, 15) is 9.59 Å². The Morgan fingerprint density at radius 1 is 1.00 bits per heavy atom. The van der Waals surface area contributed by atoms with Crippen LogP contribution in [-0.4, -0.2) is 11.6 Å². The summed E-state index contributed by atoms with van der Waals surface area (Å²) in [6, 6.07) is 8.33. The zero-order valence-corrected chi connectivity index (χ0v) is 12.2. The molecule has 2 heteroatoms. The van der Waals surface area contributed by atoms with Gasteiger partial charge in [0.25, 0.3) is 0 Å². The Morgan fingerprint density at radius 3 is 2.16 bits per heavy atom. The highest BCUT2D eigenvalue weighted by molar-refractivity contribution is 5.82. The van der Waals surface area contributed by atoms with E-state index in [-0.39, 0.29) is 17.5 Å². The molecule has 2 nitrogen and oxygen atoms in total. The number of Topliss-reactive ketones (excluding diaryl/α,β-unsaturated/α-hetero) is 2. The molecule has 0 radical (unpaired) electrons. The normalized spacial score (nSPS) is 12.2. The molecule has 19 heavy (non-hydrogen) atoms. The Kier molecular flexibility index (Phi) is 6.48. The van der Waals surface area contributed by atoms with Gasteiger partial charge < -0.3 is 4.79 Å². The van der Waals surface area contributed by atoms with Crippen LogP contribution in [0.15, 0.2) is 24.3 Å². The van der Waals surface area contributed by atoms with E-state index in [0.717, 1.165) is 31.2 Å². The third-order valence-corrected chi connectivity index (χ3v) is 3.58. The maximum absolute atomic E-state index is 11.3. The summed E-state index contributed by atoms with van der Waals surface area (Å²) in [7, 11) is 0. The van der Waals surface area contributed by atoms with E-state index in [0.29, 0.717) is 6.42 Å². The lowest BCUT2D eigenvalue weighted by Crippen LogP contribution is -2.04. The second-order valence-corrected chi connectivity index (χ2v) is 5.34. The second-order valence-electron chi connectivity index (χ2n) is 5.34. The molecule has 0 heterocycles. The van der Waals surface area contributed by atoms with E-state index in [1.165, 1.54) is 5.56 Å². The molecule has 0 amide bonds. The average molecular weight is 260 g/mol. The molecule has 1 aromatic rings. The smallest absolute Gasteiger partial charge is 0.136 e. The molecular weight excluding hydrogens is 236 g/mol. The molecular formula is C17H24O2. The van der Waals surface area contributed by atoms with E-state index >= 15 is 0 Å². The summed E-state index contributed by atoms with van der Waals surface area (Å²) in [5.41, 5.74) is 2.40. The summed E-state index contributed by atoms with van der Waals surface area (Å²) < 4.78 is 0. The van der Waals surface area contributed by atoms with Crippen LogP contribution >= 0.6 is 0 Å². The molecule has 0 saturated carbocycles. The van der Waals surface area contributed by atoms with Crippen molar-refractivity contribution in [2.24, 2.45) is 0 Å². The van der Waals surface area contributed by atoms with Crippen LogP contribution in [0.3, 0.4) is 0 Å². The van der Waals surface area contributed by atoms with E-state index < -0.39 is 0 Å². The van der Waals surface area contributed by atoms with Crippen molar-refractivity contribution in [3.8, 4) is 0 Å². The number of aryl methyl sites for hydroxylation is 1. The molecule has 0 aromatic heterocycles. The summed E-state index contributed by atoms with van der Waals surface area (Å²) in [6.45, 7) is 5.22. The predicted molar refractivity (Wildman–Crippen MR) is 78.4 cm³/mol. The average Bonchev–Trinajstić information content (AvgIpc) is 2.37. The third-order valence-electron chi connectivity index (χ3n) is 3.58. The van der Waals surface area contributed by atoms with Crippen LogP contribution in [0.25, 0.3) is 0 Å². The van der Waals surface area contributed by atoms with Gasteiger partial charge in [0.05, 0.1) is 0 Å². The molecule has 0 N–H and O–H groups in total. The maximum atomic E-state index is 11.3. The molecule has 1 atom stereocenters. The molecule has 0 aliphatic heterocycles. The van der Waals surface area contributed by atoms with Crippen LogP contribution in [0.4, 0.5) is 0 Å². The maximum Gasteiger partial charge on any atom is 0.136 e. The lowest BCUT2D eigenvalue weighted by atomic mass is 9.95. The van der Waals surface area contributed by atoms with Crippen molar-refractivity contribution in [2.75, 3.05) is 0 Å². The molecule has 1 unspecified atom stereocenters. The van der Waals surface area contributed by atoms with Crippen molar-refractivity contribution < 1.29 is 9.59 Å². The Morgan fingerprint density at radius 2 is 1.63 bits per heavy atom. The first-order valence-electron chi connectivity index (χ1n) is 7.09. The summed E-state index contributed by atoms with van der Waals surface area (Å²) in [6.07, 6.45) is 4.97. The van der Waals surface area contributed by atoms with Crippen molar-refractivity contribution in [1.82, 2.24) is 0 Å². The fraction of sp³-hybridized carbons (Fsp3) is 0.529. The predicted octanol–water partition coefficient (Wildman–Crippen LogP) is 4.07. The summed E-state index contributed by atoms with van der Waals surface area (Å²) >= 11 is 0. The van der Waals surface area contributed by atoms with E-state index in [2.05, 4.69) is 24.3 Å². The minimum atomic E-state index is -0.00961.